The third kappa shape index (κ3) is 2.56. The van der Waals surface area contributed by atoms with E-state index in [1.54, 1.807) is 17.4 Å². The average Bonchev–Trinajstić information content (AvgIpc) is 3.26. The molecule has 0 spiro atoms. The number of anilines is 1. The number of halogens is 1. The second kappa shape index (κ2) is 6.06. The molecule has 0 bridgehead atoms. The van der Waals surface area contributed by atoms with Gasteiger partial charge in [0.25, 0.3) is 0 Å². The maximum absolute atomic E-state index is 13.6. The van der Waals surface area contributed by atoms with E-state index in [4.69, 9.17) is 4.98 Å². The highest BCUT2D eigenvalue weighted by atomic mass is 32.1. The molecule has 130 valence electrons. The molecule has 1 aliphatic heterocycles. The summed E-state index contributed by atoms with van der Waals surface area (Å²) in [6.07, 6.45) is 2.43. The Bertz CT molecular complexity index is 1120. The molecule has 0 radical (unpaired) electrons. The van der Waals surface area contributed by atoms with Crippen LogP contribution in [0.5, 0.6) is 0 Å². The fraction of sp³-hybridized carbons (Fsp3) is 0.227. The highest BCUT2D eigenvalue weighted by Gasteiger charge is 2.25. The molecular weight excluding hydrogens is 343 g/mol. The minimum absolute atomic E-state index is 0.193. The van der Waals surface area contributed by atoms with E-state index in [2.05, 4.69) is 42.2 Å². The molecule has 3 heterocycles. The number of nitrogens with zero attached hydrogens (tertiary/aromatic N) is 2. The van der Waals surface area contributed by atoms with Crippen molar-refractivity contribution in [3.63, 3.8) is 0 Å². The number of para-hydroxylation sites is 1. The van der Waals surface area contributed by atoms with E-state index >= 15 is 0 Å². The van der Waals surface area contributed by atoms with Crippen LogP contribution in [0.4, 0.5) is 10.1 Å². The van der Waals surface area contributed by atoms with Crippen LogP contribution < -0.4 is 4.90 Å². The Balaban J connectivity index is 1.75. The standard InChI is InChI=1S/C22H19FN2S/c1-14-5-4-10-25(14)19-12-15-6-2-3-7-18(15)24-22(19)21-13-16-11-17(23)8-9-20(16)26-21/h2-3,6-9,11-14H,4-5,10H2,1H3/t14-/m0/s1. The number of hydrogen-bond acceptors (Lipinski definition) is 3. The minimum atomic E-state index is -0.193. The molecule has 0 aliphatic carbocycles. The van der Waals surface area contributed by atoms with Crippen LogP contribution in [0.1, 0.15) is 19.8 Å². The van der Waals surface area contributed by atoms with E-state index in [0.717, 1.165) is 38.1 Å². The third-order valence-corrected chi connectivity index (χ3v) is 6.40. The van der Waals surface area contributed by atoms with Gasteiger partial charge >= 0.3 is 0 Å². The van der Waals surface area contributed by atoms with Gasteiger partial charge in [0.2, 0.25) is 0 Å². The van der Waals surface area contributed by atoms with Crippen LogP contribution in [0.25, 0.3) is 31.6 Å². The van der Waals surface area contributed by atoms with Crippen molar-refractivity contribution in [2.45, 2.75) is 25.8 Å². The Morgan fingerprint density at radius 3 is 2.81 bits per heavy atom. The Morgan fingerprint density at radius 1 is 1.08 bits per heavy atom. The van der Waals surface area contributed by atoms with Crippen LogP contribution in [-0.4, -0.2) is 17.6 Å². The Morgan fingerprint density at radius 2 is 1.96 bits per heavy atom. The summed E-state index contributed by atoms with van der Waals surface area (Å²) < 4.78 is 14.7. The summed E-state index contributed by atoms with van der Waals surface area (Å²) in [6.45, 7) is 3.35. The number of benzene rings is 2. The SMILES string of the molecule is C[C@H]1CCCN1c1cc2ccccc2nc1-c1cc2cc(F)ccc2s1. The zero-order valence-corrected chi connectivity index (χ0v) is 15.4. The van der Waals surface area contributed by atoms with Crippen LogP contribution in [-0.2, 0) is 0 Å². The predicted molar refractivity (Wildman–Crippen MR) is 109 cm³/mol. The summed E-state index contributed by atoms with van der Waals surface area (Å²) >= 11 is 1.69. The Labute approximate surface area is 155 Å². The van der Waals surface area contributed by atoms with E-state index in [9.17, 15) is 4.39 Å². The quantitative estimate of drug-likeness (QED) is 0.419. The summed E-state index contributed by atoms with van der Waals surface area (Å²) in [4.78, 5) is 8.59. The molecule has 26 heavy (non-hydrogen) atoms. The number of aromatic nitrogens is 1. The number of pyridine rings is 1. The number of fused-ring (bicyclic) bond motifs is 2. The molecule has 0 N–H and O–H groups in total. The number of rotatable bonds is 2. The van der Waals surface area contributed by atoms with Gasteiger partial charge in [-0.05, 0) is 61.5 Å². The summed E-state index contributed by atoms with van der Waals surface area (Å²) in [5.41, 5.74) is 3.21. The van der Waals surface area contributed by atoms with Crippen molar-refractivity contribution in [3.05, 3.63) is 60.4 Å². The number of hydrogen-bond donors (Lipinski definition) is 0. The van der Waals surface area contributed by atoms with E-state index in [-0.39, 0.29) is 5.82 Å². The lowest BCUT2D eigenvalue weighted by atomic mass is 10.1. The van der Waals surface area contributed by atoms with Crippen molar-refractivity contribution < 1.29 is 4.39 Å². The average molecular weight is 362 g/mol. The molecule has 4 aromatic rings. The molecule has 4 heteroatoms. The zero-order valence-electron chi connectivity index (χ0n) is 14.6. The molecule has 1 saturated heterocycles. The molecule has 5 rings (SSSR count). The van der Waals surface area contributed by atoms with Crippen LogP contribution in [0, 0.1) is 5.82 Å². The maximum atomic E-state index is 13.6. The van der Waals surface area contributed by atoms with Crippen LogP contribution in [0.3, 0.4) is 0 Å². The maximum Gasteiger partial charge on any atom is 0.123 e. The van der Waals surface area contributed by atoms with Gasteiger partial charge in [-0.3, -0.25) is 0 Å². The van der Waals surface area contributed by atoms with Crippen LogP contribution in [0.2, 0.25) is 0 Å². The highest BCUT2D eigenvalue weighted by molar-refractivity contribution is 7.22. The monoisotopic (exact) mass is 362 g/mol. The Hall–Kier alpha value is -2.46. The van der Waals surface area contributed by atoms with Gasteiger partial charge < -0.3 is 4.90 Å². The topological polar surface area (TPSA) is 16.1 Å². The van der Waals surface area contributed by atoms with Crippen molar-refractivity contribution >= 4 is 38.0 Å². The summed E-state index contributed by atoms with van der Waals surface area (Å²) in [5, 5.41) is 2.11. The fourth-order valence-electron chi connectivity index (χ4n) is 3.93. The first-order valence-electron chi connectivity index (χ1n) is 9.05. The first-order chi connectivity index (χ1) is 12.7. The van der Waals surface area contributed by atoms with E-state index < -0.39 is 0 Å². The van der Waals surface area contributed by atoms with Crippen LogP contribution in [0.15, 0.2) is 54.6 Å². The van der Waals surface area contributed by atoms with Gasteiger partial charge in [0.15, 0.2) is 0 Å². The van der Waals surface area contributed by atoms with Gasteiger partial charge in [-0.2, -0.15) is 0 Å². The molecule has 1 fully saturated rings. The molecule has 2 aromatic heterocycles. The summed E-state index contributed by atoms with van der Waals surface area (Å²) in [5.74, 6) is -0.193. The van der Waals surface area contributed by atoms with Gasteiger partial charge in [0.1, 0.15) is 11.5 Å². The van der Waals surface area contributed by atoms with Crippen molar-refractivity contribution in [2.75, 3.05) is 11.4 Å². The lowest BCUT2D eigenvalue weighted by Gasteiger charge is -2.26. The molecule has 0 amide bonds. The largest absolute Gasteiger partial charge is 0.367 e. The molecule has 0 saturated carbocycles. The minimum Gasteiger partial charge on any atom is -0.367 e. The molecular formula is C22H19FN2S. The second-order valence-electron chi connectivity index (χ2n) is 7.03. The van der Waals surface area contributed by atoms with E-state index in [1.807, 2.05) is 12.1 Å². The second-order valence-corrected chi connectivity index (χ2v) is 8.11. The van der Waals surface area contributed by atoms with Gasteiger partial charge in [-0.1, -0.05) is 18.2 Å². The first kappa shape index (κ1) is 15.8. The van der Waals surface area contributed by atoms with Gasteiger partial charge in [-0.25, -0.2) is 9.37 Å². The van der Waals surface area contributed by atoms with Gasteiger partial charge in [0, 0.05) is 22.7 Å². The predicted octanol–water partition coefficient (Wildman–Crippen LogP) is 6.24. The van der Waals surface area contributed by atoms with Crippen molar-refractivity contribution in [1.29, 1.82) is 0 Å². The zero-order chi connectivity index (χ0) is 17.7. The highest BCUT2D eigenvalue weighted by Crippen LogP contribution is 2.41. The van der Waals surface area contributed by atoms with Gasteiger partial charge in [0.05, 0.1) is 16.1 Å². The molecule has 2 aromatic carbocycles. The molecule has 1 aliphatic rings. The van der Waals surface area contributed by atoms with Gasteiger partial charge in [-0.15, -0.1) is 11.3 Å². The van der Waals surface area contributed by atoms with Crippen molar-refractivity contribution in [1.82, 2.24) is 4.98 Å². The van der Waals surface area contributed by atoms with E-state index in [0.29, 0.717) is 6.04 Å². The lowest BCUT2D eigenvalue weighted by molar-refractivity contribution is 0.630. The summed E-state index contributed by atoms with van der Waals surface area (Å²) in [6, 6.07) is 18.1. The van der Waals surface area contributed by atoms with E-state index in [1.165, 1.54) is 24.6 Å². The lowest BCUT2D eigenvalue weighted by Crippen LogP contribution is -2.27. The van der Waals surface area contributed by atoms with Crippen molar-refractivity contribution in [3.8, 4) is 10.6 Å². The smallest absolute Gasteiger partial charge is 0.123 e. The summed E-state index contributed by atoms with van der Waals surface area (Å²) in [7, 11) is 0. The molecule has 0 unspecified atom stereocenters. The Kier molecular flexibility index (Phi) is 3.68. The normalized spacial score (nSPS) is 17.5. The molecule has 2 nitrogen and oxygen atoms in total. The van der Waals surface area contributed by atoms with Crippen molar-refractivity contribution in [2.24, 2.45) is 0 Å². The number of thiophene rings is 1. The first-order valence-corrected chi connectivity index (χ1v) is 9.86. The third-order valence-electron chi connectivity index (χ3n) is 5.28. The fourth-order valence-corrected chi connectivity index (χ4v) is 4.97. The molecule has 1 atom stereocenters. The van der Waals surface area contributed by atoms with Crippen LogP contribution >= 0.6 is 11.3 Å².